The molecule has 1 heterocycles. The number of rotatable bonds is 4. The van der Waals surface area contributed by atoms with Gasteiger partial charge in [-0.15, -0.1) is 11.3 Å². The van der Waals surface area contributed by atoms with Crippen molar-refractivity contribution in [2.45, 2.75) is 45.2 Å². The predicted molar refractivity (Wildman–Crippen MR) is 82.4 cm³/mol. The number of nitrogens with zero attached hydrogens (tertiary/aromatic N) is 1. The Hall–Kier alpha value is -1.56. The van der Waals surface area contributed by atoms with Crippen molar-refractivity contribution in [1.82, 2.24) is 10.2 Å². The molecular formula is C15H22N2O3S. The molecule has 0 atom stereocenters. The first-order chi connectivity index (χ1) is 9.97. The summed E-state index contributed by atoms with van der Waals surface area (Å²) in [4.78, 5) is 26.0. The third-order valence-electron chi connectivity index (χ3n) is 4.10. The van der Waals surface area contributed by atoms with Crippen molar-refractivity contribution >= 4 is 23.3 Å². The zero-order valence-electron chi connectivity index (χ0n) is 12.5. The van der Waals surface area contributed by atoms with Gasteiger partial charge < -0.3 is 15.3 Å². The Morgan fingerprint density at radius 1 is 1.38 bits per heavy atom. The molecule has 0 spiro atoms. The summed E-state index contributed by atoms with van der Waals surface area (Å²) < 4.78 is 0. The molecule has 2 amide bonds. The zero-order valence-corrected chi connectivity index (χ0v) is 13.3. The van der Waals surface area contributed by atoms with Crippen molar-refractivity contribution in [3.8, 4) is 0 Å². The molecule has 1 saturated carbocycles. The average molecular weight is 310 g/mol. The second-order valence-electron chi connectivity index (χ2n) is 5.72. The maximum atomic E-state index is 12.2. The molecule has 1 aromatic rings. The molecule has 21 heavy (non-hydrogen) atoms. The number of nitrogens with one attached hydrogen (secondary N) is 1. The average Bonchev–Trinajstić information content (AvgIpc) is 2.84. The minimum absolute atomic E-state index is 0.0819. The van der Waals surface area contributed by atoms with E-state index in [-0.39, 0.29) is 18.0 Å². The molecule has 5 nitrogen and oxygen atoms in total. The third kappa shape index (κ3) is 4.20. The first-order valence-corrected chi connectivity index (χ1v) is 8.12. The lowest BCUT2D eigenvalue weighted by atomic mass is 9.86. The van der Waals surface area contributed by atoms with Crippen molar-refractivity contribution in [3.63, 3.8) is 0 Å². The van der Waals surface area contributed by atoms with E-state index in [0.717, 1.165) is 12.8 Å². The van der Waals surface area contributed by atoms with E-state index in [1.165, 1.54) is 10.4 Å². The van der Waals surface area contributed by atoms with Crippen LogP contribution in [0.5, 0.6) is 0 Å². The van der Waals surface area contributed by atoms with Gasteiger partial charge in [0.15, 0.2) is 0 Å². The highest BCUT2D eigenvalue weighted by Crippen LogP contribution is 2.24. The summed E-state index contributed by atoms with van der Waals surface area (Å²) in [6.07, 6.45) is 2.78. The molecule has 0 radical (unpaired) electrons. The van der Waals surface area contributed by atoms with Gasteiger partial charge in [0.1, 0.15) is 0 Å². The number of hydrogen-bond donors (Lipinski definition) is 2. The van der Waals surface area contributed by atoms with Crippen LogP contribution in [0.25, 0.3) is 0 Å². The fraction of sp³-hybridized carbons (Fsp3) is 0.600. The SMILES string of the molecule is Cc1ccsc1CN(C)C(=O)NC1CCC(C(=O)O)CC1. The van der Waals surface area contributed by atoms with E-state index < -0.39 is 5.97 Å². The van der Waals surface area contributed by atoms with Gasteiger partial charge in [0, 0.05) is 18.0 Å². The van der Waals surface area contributed by atoms with Crippen molar-refractivity contribution in [2.75, 3.05) is 7.05 Å². The molecule has 0 bridgehead atoms. The van der Waals surface area contributed by atoms with Gasteiger partial charge in [-0.1, -0.05) is 0 Å². The standard InChI is InChI=1S/C15H22N2O3S/c1-10-7-8-21-13(10)9-17(2)15(20)16-12-5-3-11(4-6-12)14(18)19/h7-8,11-12H,3-6,9H2,1-2H3,(H,16,20)(H,18,19). The summed E-state index contributed by atoms with van der Waals surface area (Å²) in [6, 6.07) is 2.07. The molecular weight excluding hydrogens is 288 g/mol. The van der Waals surface area contributed by atoms with Crippen LogP contribution in [-0.2, 0) is 11.3 Å². The highest BCUT2D eigenvalue weighted by Gasteiger charge is 2.27. The monoisotopic (exact) mass is 310 g/mol. The second-order valence-corrected chi connectivity index (χ2v) is 6.72. The van der Waals surface area contributed by atoms with Crippen molar-refractivity contribution in [1.29, 1.82) is 0 Å². The zero-order chi connectivity index (χ0) is 15.4. The Kier molecular flexibility index (Phi) is 5.22. The van der Waals surface area contributed by atoms with E-state index >= 15 is 0 Å². The van der Waals surface area contributed by atoms with Crippen LogP contribution in [0.4, 0.5) is 4.79 Å². The molecule has 6 heteroatoms. The summed E-state index contributed by atoms with van der Waals surface area (Å²) in [7, 11) is 1.79. The second kappa shape index (κ2) is 6.93. The number of amides is 2. The molecule has 1 aliphatic carbocycles. The van der Waals surface area contributed by atoms with Crippen molar-refractivity contribution in [3.05, 3.63) is 21.9 Å². The van der Waals surface area contributed by atoms with E-state index in [1.807, 2.05) is 12.3 Å². The van der Waals surface area contributed by atoms with Crippen LogP contribution in [0.3, 0.4) is 0 Å². The largest absolute Gasteiger partial charge is 0.481 e. The normalized spacial score (nSPS) is 21.8. The van der Waals surface area contributed by atoms with Gasteiger partial charge in [0.2, 0.25) is 0 Å². The summed E-state index contributed by atoms with van der Waals surface area (Å²) in [5.41, 5.74) is 1.21. The highest BCUT2D eigenvalue weighted by atomic mass is 32.1. The number of hydrogen-bond acceptors (Lipinski definition) is 3. The van der Waals surface area contributed by atoms with E-state index in [9.17, 15) is 9.59 Å². The minimum Gasteiger partial charge on any atom is -0.481 e. The Morgan fingerprint density at radius 2 is 2.05 bits per heavy atom. The van der Waals surface area contributed by atoms with Crippen molar-refractivity contribution < 1.29 is 14.7 Å². The Labute approximate surface area is 129 Å². The lowest BCUT2D eigenvalue weighted by Gasteiger charge is -2.28. The van der Waals surface area contributed by atoms with Gasteiger partial charge in [-0.05, 0) is 49.6 Å². The molecule has 116 valence electrons. The number of carbonyl (C=O) groups excluding carboxylic acids is 1. The molecule has 1 aromatic heterocycles. The number of carboxylic acid groups (broad SMARTS) is 1. The predicted octanol–water partition coefficient (Wildman–Crippen LogP) is 2.84. The van der Waals surface area contributed by atoms with Gasteiger partial charge in [-0.25, -0.2) is 4.79 Å². The topological polar surface area (TPSA) is 69.6 Å². The third-order valence-corrected chi connectivity index (χ3v) is 5.11. The van der Waals surface area contributed by atoms with Crippen LogP contribution in [0.15, 0.2) is 11.4 Å². The van der Waals surface area contributed by atoms with Crippen LogP contribution in [0, 0.1) is 12.8 Å². The lowest BCUT2D eigenvalue weighted by molar-refractivity contribution is -0.142. The fourth-order valence-corrected chi connectivity index (χ4v) is 3.58. The minimum atomic E-state index is -0.718. The lowest BCUT2D eigenvalue weighted by Crippen LogP contribution is -2.44. The van der Waals surface area contributed by atoms with E-state index in [0.29, 0.717) is 19.4 Å². The van der Waals surface area contributed by atoms with Crippen LogP contribution in [0.2, 0.25) is 0 Å². The maximum absolute atomic E-state index is 12.2. The quantitative estimate of drug-likeness (QED) is 0.898. The Bertz CT molecular complexity index is 507. The van der Waals surface area contributed by atoms with Gasteiger partial charge in [-0.3, -0.25) is 4.79 Å². The molecule has 2 N–H and O–H groups in total. The molecule has 1 aliphatic rings. The number of aliphatic carboxylic acids is 1. The number of aryl methyl sites for hydroxylation is 1. The van der Waals surface area contributed by atoms with Gasteiger partial charge in [0.25, 0.3) is 0 Å². The van der Waals surface area contributed by atoms with Crippen LogP contribution in [0.1, 0.15) is 36.1 Å². The molecule has 0 aromatic carbocycles. The maximum Gasteiger partial charge on any atom is 0.317 e. The fourth-order valence-electron chi connectivity index (χ4n) is 2.62. The summed E-state index contributed by atoms with van der Waals surface area (Å²) in [6.45, 7) is 2.66. The molecule has 0 aliphatic heterocycles. The molecule has 2 rings (SSSR count). The molecule has 0 unspecified atom stereocenters. The summed E-state index contributed by atoms with van der Waals surface area (Å²) >= 11 is 1.66. The summed E-state index contributed by atoms with van der Waals surface area (Å²) in [5.74, 6) is -0.963. The number of thiophene rings is 1. The van der Waals surface area contributed by atoms with Crippen LogP contribution in [-0.4, -0.2) is 35.1 Å². The smallest absolute Gasteiger partial charge is 0.317 e. The van der Waals surface area contributed by atoms with Gasteiger partial charge in [0.05, 0.1) is 12.5 Å². The van der Waals surface area contributed by atoms with E-state index in [4.69, 9.17) is 5.11 Å². The van der Waals surface area contributed by atoms with Crippen LogP contribution < -0.4 is 5.32 Å². The first kappa shape index (κ1) is 15.8. The summed E-state index contributed by atoms with van der Waals surface area (Å²) in [5, 5.41) is 14.0. The van der Waals surface area contributed by atoms with E-state index in [2.05, 4.69) is 11.4 Å². The van der Waals surface area contributed by atoms with E-state index in [1.54, 1.807) is 23.3 Å². The number of urea groups is 1. The first-order valence-electron chi connectivity index (χ1n) is 7.24. The Morgan fingerprint density at radius 3 is 2.57 bits per heavy atom. The van der Waals surface area contributed by atoms with Crippen molar-refractivity contribution in [2.24, 2.45) is 5.92 Å². The van der Waals surface area contributed by atoms with Gasteiger partial charge in [-0.2, -0.15) is 0 Å². The molecule has 1 fully saturated rings. The Balaban J connectivity index is 1.79. The molecule has 0 saturated heterocycles. The highest BCUT2D eigenvalue weighted by molar-refractivity contribution is 7.10. The van der Waals surface area contributed by atoms with Crippen LogP contribution >= 0.6 is 11.3 Å². The number of carbonyl (C=O) groups is 2. The number of carboxylic acids is 1. The van der Waals surface area contributed by atoms with Gasteiger partial charge >= 0.3 is 12.0 Å².